The molecule has 2 heterocycles. The molecule has 3 rings (SSSR count). The first-order valence-electron chi connectivity index (χ1n) is 5.95. The first-order valence-corrected chi connectivity index (χ1v) is 7.81. The van der Waals surface area contributed by atoms with Crippen LogP contribution in [0.4, 0.5) is 5.82 Å². The van der Waals surface area contributed by atoms with E-state index in [1.165, 1.54) is 24.5 Å². The summed E-state index contributed by atoms with van der Waals surface area (Å²) in [5.74, 6) is 1.00. The molecule has 21 heavy (non-hydrogen) atoms. The molecule has 0 saturated carbocycles. The van der Waals surface area contributed by atoms with E-state index < -0.39 is 10.0 Å². The molecular formula is C12H10ClN3O4S. The molecule has 0 unspecified atom stereocenters. The van der Waals surface area contributed by atoms with Crippen molar-refractivity contribution in [2.24, 2.45) is 0 Å². The van der Waals surface area contributed by atoms with Crippen molar-refractivity contribution in [3.63, 3.8) is 0 Å². The van der Waals surface area contributed by atoms with E-state index in [4.69, 9.17) is 21.1 Å². The number of anilines is 1. The molecule has 0 spiro atoms. The third kappa shape index (κ3) is 3.01. The van der Waals surface area contributed by atoms with Crippen molar-refractivity contribution in [2.75, 3.05) is 17.9 Å². The minimum absolute atomic E-state index is 0.0430. The molecule has 0 amide bonds. The minimum atomic E-state index is -3.80. The molecule has 1 aliphatic rings. The Kier molecular flexibility index (Phi) is 3.56. The van der Waals surface area contributed by atoms with Crippen LogP contribution < -0.4 is 14.2 Å². The summed E-state index contributed by atoms with van der Waals surface area (Å²) in [7, 11) is -3.80. The zero-order valence-electron chi connectivity index (χ0n) is 10.6. The average molecular weight is 328 g/mol. The zero-order valence-corrected chi connectivity index (χ0v) is 12.2. The lowest BCUT2D eigenvalue weighted by molar-refractivity contribution is 0.171. The summed E-state index contributed by atoms with van der Waals surface area (Å²) in [6.45, 7) is 0.822. The smallest absolute Gasteiger partial charge is 0.263 e. The maximum atomic E-state index is 12.3. The Morgan fingerprint density at radius 1 is 1.10 bits per heavy atom. The summed E-state index contributed by atoms with van der Waals surface area (Å²) < 4.78 is 37.6. The number of benzene rings is 1. The molecule has 0 atom stereocenters. The normalized spacial score (nSPS) is 13.8. The largest absolute Gasteiger partial charge is 0.486 e. The molecule has 0 bridgehead atoms. The molecule has 0 radical (unpaired) electrons. The van der Waals surface area contributed by atoms with Crippen LogP contribution in [0.1, 0.15) is 0 Å². The summed E-state index contributed by atoms with van der Waals surface area (Å²) in [6, 6.07) is 5.70. The Hall–Kier alpha value is -2.06. The van der Waals surface area contributed by atoms with Crippen molar-refractivity contribution in [3.05, 3.63) is 35.7 Å². The number of nitrogens with zero attached hydrogens (tertiary/aromatic N) is 2. The van der Waals surface area contributed by atoms with E-state index in [1.54, 1.807) is 6.07 Å². The van der Waals surface area contributed by atoms with Gasteiger partial charge in [0.2, 0.25) is 0 Å². The van der Waals surface area contributed by atoms with E-state index in [2.05, 4.69) is 14.7 Å². The average Bonchev–Trinajstić information content (AvgIpc) is 2.46. The summed E-state index contributed by atoms with van der Waals surface area (Å²) in [4.78, 5) is 7.52. The zero-order chi connectivity index (χ0) is 14.9. The van der Waals surface area contributed by atoms with Crippen LogP contribution in [0, 0.1) is 0 Å². The van der Waals surface area contributed by atoms with Gasteiger partial charge >= 0.3 is 0 Å². The monoisotopic (exact) mass is 327 g/mol. The fourth-order valence-electron chi connectivity index (χ4n) is 1.78. The molecule has 2 aromatic rings. The molecule has 0 saturated heterocycles. The molecule has 1 aliphatic heterocycles. The van der Waals surface area contributed by atoms with Gasteiger partial charge in [-0.25, -0.2) is 18.4 Å². The highest BCUT2D eigenvalue weighted by molar-refractivity contribution is 7.92. The Morgan fingerprint density at radius 2 is 1.86 bits per heavy atom. The number of fused-ring (bicyclic) bond motifs is 1. The Bertz CT molecular complexity index is 782. The van der Waals surface area contributed by atoms with Crippen LogP contribution in [-0.4, -0.2) is 31.6 Å². The lowest BCUT2D eigenvalue weighted by Gasteiger charge is -2.18. The topological polar surface area (TPSA) is 90.4 Å². The molecule has 9 heteroatoms. The maximum absolute atomic E-state index is 12.3. The molecular weight excluding hydrogens is 318 g/mol. The molecule has 7 nitrogen and oxygen atoms in total. The van der Waals surface area contributed by atoms with E-state index in [9.17, 15) is 8.42 Å². The Labute approximate surface area is 125 Å². The predicted octanol–water partition coefficient (Wildman–Crippen LogP) is 1.70. The van der Waals surface area contributed by atoms with Gasteiger partial charge in [0.05, 0.1) is 4.90 Å². The van der Waals surface area contributed by atoms with E-state index in [-0.39, 0.29) is 15.9 Å². The van der Waals surface area contributed by atoms with E-state index in [1.807, 2.05) is 0 Å². The van der Waals surface area contributed by atoms with Crippen molar-refractivity contribution in [2.45, 2.75) is 4.90 Å². The second-order valence-electron chi connectivity index (χ2n) is 4.14. The maximum Gasteiger partial charge on any atom is 0.263 e. The molecule has 0 aliphatic carbocycles. The van der Waals surface area contributed by atoms with Gasteiger partial charge in [-0.3, -0.25) is 4.72 Å². The third-order valence-electron chi connectivity index (χ3n) is 2.70. The first-order chi connectivity index (χ1) is 10.0. The van der Waals surface area contributed by atoms with Gasteiger partial charge in [0.25, 0.3) is 10.0 Å². The Morgan fingerprint density at radius 3 is 2.62 bits per heavy atom. The van der Waals surface area contributed by atoms with Crippen LogP contribution in [0.5, 0.6) is 11.5 Å². The predicted molar refractivity (Wildman–Crippen MR) is 75.3 cm³/mol. The summed E-state index contributed by atoms with van der Waals surface area (Å²) >= 11 is 5.69. The van der Waals surface area contributed by atoms with Crippen LogP contribution in [-0.2, 0) is 10.0 Å². The van der Waals surface area contributed by atoms with Crippen molar-refractivity contribution >= 4 is 27.4 Å². The highest BCUT2D eigenvalue weighted by Crippen LogP contribution is 2.32. The number of nitrogens with one attached hydrogen (secondary N) is 1. The quantitative estimate of drug-likeness (QED) is 0.863. The highest BCUT2D eigenvalue weighted by atomic mass is 35.5. The van der Waals surface area contributed by atoms with Gasteiger partial charge in [0.1, 0.15) is 30.5 Å². The lowest BCUT2D eigenvalue weighted by atomic mass is 10.3. The van der Waals surface area contributed by atoms with Crippen molar-refractivity contribution < 1.29 is 17.9 Å². The van der Waals surface area contributed by atoms with E-state index in [0.717, 1.165) is 0 Å². The van der Waals surface area contributed by atoms with Crippen molar-refractivity contribution in [1.82, 2.24) is 9.97 Å². The van der Waals surface area contributed by atoms with Crippen LogP contribution in [0.25, 0.3) is 0 Å². The number of halogens is 1. The summed E-state index contributed by atoms with van der Waals surface area (Å²) in [5, 5.41) is 0.143. The van der Waals surface area contributed by atoms with E-state index >= 15 is 0 Å². The molecule has 110 valence electrons. The second kappa shape index (κ2) is 5.38. The standard InChI is InChI=1S/C12H10ClN3O4S/c13-11-6-12(15-7-14-11)16-21(17,18)8-1-2-9-10(5-8)20-4-3-19-9/h1-2,5-7H,3-4H2,(H,14,15,16). The SMILES string of the molecule is O=S(=O)(Nc1cc(Cl)ncn1)c1ccc2c(c1)OCCO2. The molecule has 1 aromatic heterocycles. The number of aromatic nitrogens is 2. The summed E-state index contributed by atoms with van der Waals surface area (Å²) in [6.07, 6.45) is 1.17. The number of hydrogen-bond acceptors (Lipinski definition) is 6. The van der Waals surface area contributed by atoms with Crippen LogP contribution in [0.15, 0.2) is 35.5 Å². The third-order valence-corrected chi connectivity index (χ3v) is 4.26. The van der Waals surface area contributed by atoms with Crippen LogP contribution >= 0.6 is 11.6 Å². The van der Waals surface area contributed by atoms with E-state index in [0.29, 0.717) is 24.7 Å². The number of rotatable bonds is 3. The van der Waals surface area contributed by atoms with Crippen LogP contribution in [0.2, 0.25) is 5.15 Å². The van der Waals surface area contributed by atoms with Gasteiger partial charge in [0.15, 0.2) is 11.5 Å². The summed E-state index contributed by atoms with van der Waals surface area (Å²) in [5.41, 5.74) is 0. The Balaban J connectivity index is 1.91. The van der Waals surface area contributed by atoms with Crippen molar-refractivity contribution in [1.29, 1.82) is 0 Å². The number of hydrogen-bond donors (Lipinski definition) is 1. The first kappa shape index (κ1) is 13.9. The highest BCUT2D eigenvalue weighted by Gasteiger charge is 2.20. The van der Waals surface area contributed by atoms with Crippen LogP contribution in [0.3, 0.4) is 0 Å². The van der Waals surface area contributed by atoms with Gasteiger partial charge in [0, 0.05) is 12.1 Å². The number of sulfonamides is 1. The number of ether oxygens (including phenoxy) is 2. The van der Waals surface area contributed by atoms with Gasteiger partial charge < -0.3 is 9.47 Å². The van der Waals surface area contributed by atoms with Gasteiger partial charge in [-0.15, -0.1) is 0 Å². The lowest BCUT2D eigenvalue weighted by Crippen LogP contribution is -2.17. The van der Waals surface area contributed by atoms with Gasteiger partial charge in [-0.05, 0) is 12.1 Å². The fourth-order valence-corrected chi connectivity index (χ4v) is 2.94. The molecule has 0 fully saturated rings. The minimum Gasteiger partial charge on any atom is -0.486 e. The fraction of sp³-hybridized carbons (Fsp3) is 0.167. The van der Waals surface area contributed by atoms with Gasteiger partial charge in [-0.2, -0.15) is 0 Å². The van der Waals surface area contributed by atoms with Gasteiger partial charge in [-0.1, -0.05) is 11.6 Å². The molecule has 1 N–H and O–H groups in total. The molecule has 1 aromatic carbocycles. The second-order valence-corrected chi connectivity index (χ2v) is 6.21. The van der Waals surface area contributed by atoms with Crippen molar-refractivity contribution in [3.8, 4) is 11.5 Å².